The van der Waals surface area contributed by atoms with Crippen LogP contribution in [-0.4, -0.2) is 29.9 Å². The van der Waals surface area contributed by atoms with E-state index in [1.807, 2.05) is 72.8 Å². The van der Waals surface area contributed by atoms with E-state index in [9.17, 15) is 4.79 Å². The van der Waals surface area contributed by atoms with Crippen LogP contribution < -0.4 is 14.8 Å². The molecule has 6 nitrogen and oxygen atoms in total. The SMILES string of the molecule is COc1ccc(-c2nn(-c3ccccc3)cc2C(=O)Nc2ccccc2)cc1OC. The number of nitrogens with zero attached hydrogens (tertiary/aromatic N) is 2. The summed E-state index contributed by atoms with van der Waals surface area (Å²) >= 11 is 0. The molecule has 0 aliphatic rings. The number of para-hydroxylation sites is 2. The van der Waals surface area contributed by atoms with Crippen LogP contribution in [0.25, 0.3) is 16.9 Å². The summed E-state index contributed by atoms with van der Waals surface area (Å²) in [5.74, 6) is 0.936. The molecule has 0 aliphatic heterocycles. The molecule has 0 atom stereocenters. The lowest BCUT2D eigenvalue weighted by atomic mass is 10.1. The molecule has 0 saturated heterocycles. The zero-order valence-corrected chi connectivity index (χ0v) is 16.7. The topological polar surface area (TPSA) is 65.4 Å². The first kappa shape index (κ1) is 19.3. The second-order valence-corrected chi connectivity index (χ2v) is 6.56. The highest BCUT2D eigenvalue weighted by Crippen LogP contribution is 2.33. The van der Waals surface area contributed by atoms with E-state index in [-0.39, 0.29) is 5.91 Å². The molecule has 30 heavy (non-hydrogen) atoms. The first-order valence-electron chi connectivity index (χ1n) is 9.43. The van der Waals surface area contributed by atoms with Gasteiger partial charge >= 0.3 is 0 Å². The van der Waals surface area contributed by atoms with Crippen molar-refractivity contribution >= 4 is 11.6 Å². The first-order valence-corrected chi connectivity index (χ1v) is 9.43. The van der Waals surface area contributed by atoms with Gasteiger partial charge in [0.05, 0.1) is 25.5 Å². The third-order valence-corrected chi connectivity index (χ3v) is 4.67. The molecule has 4 aromatic rings. The minimum absolute atomic E-state index is 0.242. The number of carbonyl (C=O) groups excluding carboxylic acids is 1. The third-order valence-electron chi connectivity index (χ3n) is 4.67. The van der Waals surface area contributed by atoms with E-state index in [0.29, 0.717) is 28.4 Å². The summed E-state index contributed by atoms with van der Waals surface area (Å²) in [6.45, 7) is 0. The number of benzene rings is 3. The number of methoxy groups -OCH3 is 2. The van der Waals surface area contributed by atoms with Gasteiger partial charge in [-0.05, 0) is 42.5 Å². The summed E-state index contributed by atoms with van der Waals surface area (Å²) in [5.41, 5.74) is 3.33. The van der Waals surface area contributed by atoms with Crippen LogP contribution >= 0.6 is 0 Å². The molecule has 1 N–H and O–H groups in total. The predicted molar refractivity (Wildman–Crippen MR) is 116 cm³/mol. The molecular formula is C24H21N3O3. The molecule has 1 amide bonds. The molecule has 0 bridgehead atoms. The molecule has 0 fully saturated rings. The van der Waals surface area contributed by atoms with Crippen LogP contribution in [0, 0.1) is 0 Å². The Bertz CT molecular complexity index is 1160. The number of anilines is 1. The number of nitrogens with one attached hydrogen (secondary N) is 1. The van der Waals surface area contributed by atoms with E-state index in [2.05, 4.69) is 5.32 Å². The number of aromatic nitrogens is 2. The van der Waals surface area contributed by atoms with Gasteiger partial charge in [0.25, 0.3) is 5.91 Å². The Kier molecular flexibility index (Phi) is 5.48. The Morgan fingerprint density at radius 3 is 2.20 bits per heavy atom. The van der Waals surface area contributed by atoms with Crippen molar-refractivity contribution < 1.29 is 14.3 Å². The van der Waals surface area contributed by atoms with Crippen molar-refractivity contribution in [2.75, 3.05) is 19.5 Å². The van der Waals surface area contributed by atoms with E-state index < -0.39 is 0 Å². The Hall–Kier alpha value is -4.06. The monoisotopic (exact) mass is 399 g/mol. The van der Waals surface area contributed by atoms with Crippen LogP contribution in [0.2, 0.25) is 0 Å². The summed E-state index contributed by atoms with van der Waals surface area (Å²) in [6, 6.07) is 24.5. The lowest BCUT2D eigenvalue weighted by Crippen LogP contribution is -2.12. The van der Waals surface area contributed by atoms with Crippen molar-refractivity contribution in [1.29, 1.82) is 0 Å². The minimum atomic E-state index is -0.242. The average Bonchev–Trinajstić information content (AvgIpc) is 3.25. The van der Waals surface area contributed by atoms with Gasteiger partial charge in [0.1, 0.15) is 5.69 Å². The van der Waals surface area contributed by atoms with Crippen molar-refractivity contribution in [3.63, 3.8) is 0 Å². The maximum Gasteiger partial charge on any atom is 0.259 e. The third kappa shape index (κ3) is 3.89. The number of hydrogen-bond donors (Lipinski definition) is 1. The van der Waals surface area contributed by atoms with Gasteiger partial charge in [-0.1, -0.05) is 36.4 Å². The highest BCUT2D eigenvalue weighted by atomic mass is 16.5. The van der Waals surface area contributed by atoms with Crippen LogP contribution in [0.4, 0.5) is 5.69 Å². The van der Waals surface area contributed by atoms with E-state index in [0.717, 1.165) is 11.3 Å². The predicted octanol–water partition coefficient (Wildman–Crippen LogP) is 4.81. The lowest BCUT2D eigenvalue weighted by Gasteiger charge is -2.09. The normalized spacial score (nSPS) is 10.5. The van der Waals surface area contributed by atoms with Gasteiger partial charge in [-0.15, -0.1) is 0 Å². The van der Waals surface area contributed by atoms with Gasteiger partial charge in [-0.2, -0.15) is 5.10 Å². The van der Waals surface area contributed by atoms with E-state index in [4.69, 9.17) is 14.6 Å². The highest BCUT2D eigenvalue weighted by molar-refractivity contribution is 6.08. The molecule has 1 heterocycles. The second kappa shape index (κ2) is 8.53. The van der Waals surface area contributed by atoms with Crippen LogP contribution in [0.5, 0.6) is 11.5 Å². The maximum absolute atomic E-state index is 13.1. The molecular weight excluding hydrogens is 378 g/mol. The van der Waals surface area contributed by atoms with Crippen LogP contribution in [-0.2, 0) is 0 Å². The van der Waals surface area contributed by atoms with Crippen molar-refractivity contribution in [3.05, 3.63) is 90.6 Å². The van der Waals surface area contributed by atoms with Crippen molar-refractivity contribution in [2.24, 2.45) is 0 Å². The smallest absolute Gasteiger partial charge is 0.259 e. The molecule has 0 aliphatic carbocycles. The van der Waals surface area contributed by atoms with Gasteiger partial charge in [0.2, 0.25) is 0 Å². The number of hydrogen-bond acceptors (Lipinski definition) is 4. The maximum atomic E-state index is 13.1. The van der Waals surface area contributed by atoms with Gasteiger partial charge in [0.15, 0.2) is 11.5 Å². The second-order valence-electron chi connectivity index (χ2n) is 6.56. The molecule has 0 spiro atoms. The standard InChI is InChI=1S/C24H21N3O3/c1-29-21-14-13-17(15-22(21)30-2)23-20(24(28)25-18-9-5-3-6-10-18)16-27(26-23)19-11-7-4-8-12-19/h3-16H,1-2H3,(H,25,28). The van der Waals surface area contributed by atoms with Gasteiger partial charge in [-0.3, -0.25) is 4.79 Å². The molecule has 0 saturated carbocycles. The van der Waals surface area contributed by atoms with E-state index in [1.165, 1.54) is 0 Å². The van der Waals surface area contributed by atoms with Gasteiger partial charge in [-0.25, -0.2) is 4.68 Å². The molecule has 3 aromatic carbocycles. The van der Waals surface area contributed by atoms with Crippen molar-refractivity contribution in [2.45, 2.75) is 0 Å². The summed E-state index contributed by atoms with van der Waals surface area (Å²) in [4.78, 5) is 13.1. The Morgan fingerprint density at radius 2 is 1.53 bits per heavy atom. The Morgan fingerprint density at radius 1 is 0.867 bits per heavy atom. The average molecular weight is 399 g/mol. The molecule has 0 radical (unpaired) electrons. The Labute approximate surface area is 174 Å². The van der Waals surface area contributed by atoms with Gasteiger partial charge < -0.3 is 14.8 Å². The summed E-state index contributed by atoms with van der Waals surface area (Å²) in [6.07, 6.45) is 1.74. The number of amides is 1. The Balaban J connectivity index is 1.80. The van der Waals surface area contributed by atoms with Crippen LogP contribution in [0.15, 0.2) is 85.1 Å². The zero-order valence-electron chi connectivity index (χ0n) is 16.7. The molecule has 4 rings (SSSR count). The molecule has 0 unspecified atom stereocenters. The lowest BCUT2D eigenvalue weighted by molar-refractivity contribution is 0.102. The fourth-order valence-corrected chi connectivity index (χ4v) is 3.17. The van der Waals surface area contributed by atoms with Crippen molar-refractivity contribution in [1.82, 2.24) is 9.78 Å². The quantitative estimate of drug-likeness (QED) is 0.505. The highest BCUT2D eigenvalue weighted by Gasteiger charge is 2.20. The number of rotatable bonds is 6. The fourth-order valence-electron chi connectivity index (χ4n) is 3.17. The van der Waals surface area contributed by atoms with E-state index in [1.54, 1.807) is 31.2 Å². The molecule has 6 heteroatoms. The van der Waals surface area contributed by atoms with Crippen LogP contribution in [0.1, 0.15) is 10.4 Å². The summed E-state index contributed by atoms with van der Waals surface area (Å²) in [5, 5.41) is 7.64. The fraction of sp³-hybridized carbons (Fsp3) is 0.0833. The summed E-state index contributed by atoms with van der Waals surface area (Å²) < 4.78 is 12.5. The first-order chi connectivity index (χ1) is 14.7. The van der Waals surface area contributed by atoms with Crippen LogP contribution in [0.3, 0.4) is 0 Å². The van der Waals surface area contributed by atoms with Crippen molar-refractivity contribution in [3.8, 4) is 28.4 Å². The van der Waals surface area contributed by atoms with Gasteiger partial charge in [0, 0.05) is 17.4 Å². The minimum Gasteiger partial charge on any atom is -0.493 e. The molecule has 1 aromatic heterocycles. The zero-order chi connectivity index (χ0) is 20.9. The summed E-state index contributed by atoms with van der Waals surface area (Å²) in [7, 11) is 3.16. The number of carbonyl (C=O) groups is 1. The molecule has 150 valence electrons. The number of ether oxygens (including phenoxy) is 2. The largest absolute Gasteiger partial charge is 0.493 e. The van der Waals surface area contributed by atoms with E-state index >= 15 is 0 Å².